The number of allylic oxidation sites excluding steroid dienone is 1. The average Bonchev–Trinajstić information content (AvgIpc) is 3.05. The smallest absolute Gasteiger partial charge is 0.168 e. The molecular weight excluding hydrogens is 330 g/mol. The molecule has 4 nitrogen and oxygen atoms in total. The van der Waals surface area contributed by atoms with Crippen molar-refractivity contribution >= 4 is 16.9 Å². The van der Waals surface area contributed by atoms with Gasteiger partial charge in [-0.1, -0.05) is 44.2 Å². The maximum Gasteiger partial charge on any atom is 0.168 e. The molecule has 2 N–H and O–H groups in total. The highest BCUT2D eigenvalue weighted by Crippen LogP contribution is 2.26. The maximum absolute atomic E-state index is 10.6. The first-order chi connectivity index (χ1) is 12.1. The van der Waals surface area contributed by atoms with E-state index in [1.807, 2.05) is 35.7 Å². The van der Waals surface area contributed by atoms with Crippen molar-refractivity contribution in [1.29, 1.82) is 5.26 Å². The molecule has 1 saturated heterocycles. The minimum atomic E-state index is 0.160. The number of nitrogens with zero attached hydrogens (tertiary/aromatic N) is 2. The number of aromatic nitrogens is 1. The lowest BCUT2D eigenvalue weighted by atomic mass is 9.92. The summed E-state index contributed by atoms with van der Waals surface area (Å²) >= 11 is 1.41. The van der Waals surface area contributed by atoms with Crippen LogP contribution in [0.5, 0.6) is 0 Å². The number of nitrogens with one attached hydrogen (secondary N) is 1. The van der Waals surface area contributed by atoms with Crippen LogP contribution < -0.4 is 4.90 Å². The molecule has 1 aliphatic rings. The molecule has 0 saturated carbocycles. The molecule has 3 atom stereocenters. The third-order valence-electron chi connectivity index (χ3n) is 4.68. The fourth-order valence-electron chi connectivity index (χ4n) is 3.76. The van der Waals surface area contributed by atoms with Gasteiger partial charge in [0.05, 0.1) is 18.8 Å². The summed E-state index contributed by atoms with van der Waals surface area (Å²) in [5.74, 6) is 1.47. The van der Waals surface area contributed by atoms with Crippen molar-refractivity contribution in [2.24, 2.45) is 11.8 Å². The monoisotopic (exact) mass is 354 g/mol. The average molecular weight is 354 g/mol. The Morgan fingerprint density at radius 2 is 1.96 bits per heavy atom. The van der Waals surface area contributed by atoms with E-state index in [1.165, 1.54) is 22.7 Å². The normalized spacial score (nSPS) is 24.4. The number of aliphatic hydroxyl groups excluding tert-OH is 1. The lowest BCUT2D eigenvalue weighted by Crippen LogP contribution is -3.14. The Labute approximate surface area is 153 Å². The van der Waals surface area contributed by atoms with Crippen LogP contribution in [0.4, 0.5) is 0 Å². The van der Waals surface area contributed by atoms with E-state index in [1.54, 1.807) is 0 Å². The number of hydrogen-bond donors (Lipinski definition) is 2. The van der Waals surface area contributed by atoms with E-state index >= 15 is 0 Å². The molecule has 25 heavy (non-hydrogen) atoms. The number of likely N-dealkylation sites (tertiary alicyclic amines) is 1. The molecule has 0 bridgehead atoms. The van der Waals surface area contributed by atoms with Gasteiger partial charge in [0.2, 0.25) is 0 Å². The van der Waals surface area contributed by atoms with E-state index in [0.717, 1.165) is 24.3 Å². The van der Waals surface area contributed by atoms with Gasteiger partial charge in [0.25, 0.3) is 0 Å². The summed E-state index contributed by atoms with van der Waals surface area (Å²) in [6.45, 7) is 7.10. The van der Waals surface area contributed by atoms with Crippen molar-refractivity contribution in [1.82, 2.24) is 4.98 Å². The number of hydrogen-bond acceptors (Lipinski definition) is 4. The molecular formula is C20H24N3OS+. The molecule has 3 rings (SSSR count). The van der Waals surface area contributed by atoms with Crippen molar-refractivity contribution in [2.45, 2.75) is 20.3 Å². The summed E-state index contributed by atoms with van der Waals surface area (Å²) < 4.78 is 0. The predicted molar refractivity (Wildman–Crippen MR) is 101 cm³/mol. The number of rotatable bonds is 4. The first-order valence-electron chi connectivity index (χ1n) is 8.74. The summed E-state index contributed by atoms with van der Waals surface area (Å²) in [6, 6.07) is 12.0. The van der Waals surface area contributed by atoms with Crippen LogP contribution in [0.25, 0.3) is 16.8 Å². The number of piperidine rings is 1. The van der Waals surface area contributed by atoms with Gasteiger partial charge in [-0.25, -0.2) is 4.98 Å². The quantitative estimate of drug-likeness (QED) is 0.655. The highest BCUT2D eigenvalue weighted by Gasteiger charge is 2.27. The lowest BCUT2D eigenvalue weighted by Gasteiger charge is -2.31. The van der Waals surface area contributed by atoms with Gasteiger partial charge in [-0.15, -0.1) is 11.3 Å². The zero-order chi connectivity index (χ0) is 17.8. The van der Waals surface area contributed by atoms with E-state index in [-0.39, 0.29) is 5.76 Å². The molecule has 1 aromatic heterocycles. The zero-order valence-corrected chi connectivity index (χ0v) is 15.5. The fourth-order valence-corrected chi connectivity index (χ4v) is 4.60. The summed E-state index contributed by atoms with van der Waals surface area (Å²) in [7, 11) is 0. The van der Waals surface area contributed by atoms with Crippen LogP contribution in [0.15, 0.2) is 41.5 Å². The van der Waals surface area contributed by atoms with E-state index < -0.39 is 0 Å². The molecule has 0 spiro atoms. The van der Waals surface area contributed by atoms with E-state index in [9.17, 15) is 10.4 Å². The molecule has 1 aromatic carbocycles. The molecule has 0 amide bonds. The third kappa shape index (κ3) is 4.28. The molecule has 1 fully saturated rings. The van der Waals surface area contributed by atoms with Crippen LogP contribution in [0.1, 0.15) is 25.3 Å². The Balaban J connectivity index is 1.80. The first-order valence-corrected chi connectivity index (χ1v) is 9.62. The van der Waals surface area contributed by atoms with Crippen LogP contribution in [-0.2, 0) is 0 Å². The Hall–Kier alpha value is -2.16. The largest absolute Gasteiger partial charge is 0.506 e. The Morgan fingerprint density at radius 3 is 2.60 bits per heavy atom. The molecule has 2 heterocycles. The predicted octanol–water partition coefficient (Wildman–Crippen LogP) is 3.16. The summed E-state index contributed by atoms with van der Waals surface area (Å²) in [5, 5.41) is 22.7. The minimum absolute atomic E-state index is 0.160. The number of benzene rings is 1. The Morgan fingerprint density at radius 1 is 1.28 bits per heavy atom. The highest BCUT2D eigenvalue weighted by molar-refractivity contribution is 7.11. The van der Waals surface area contributed by atoms with Crippen LogP contribution in [-0.4, -0.2) is 29.7 Å². The second-order valence-corrected chi connectivity index (χ2v) is 7.98. The number of aliphatic hydroxyl groups is 1. The van der Waals surface area contributed by atoms with Crippen molar-refractivity contribution in [3.63, 3.8) is 0 Å². The molecule has 1 aliphatic heterocycles. The third-order valence-corrected chi connectivity index (χ3v) is 5.54. The summed E-state index contributed by atoms with van der Waals surface area (Å²) in [5.41, 5.74) is 2.17. The van der Waals surface area contributed by atoms with Gasteiger partial charge >= 0.3 is 0 Å². The highest BCUT2D eigenvalue weighted by atomic mass is 32.1. The SMILES string of the molecule is C[C@@H]1C[C@H](C)C[NH+](C/C(O)=C(\C#N)c2nc(-c3ccccc3)cs2)C1. The fraction of sp³-hybridized carbons (Fsp3) is 0.400. The van der Waals surface area contributed by atoms with Crippen molar-refractivity contribution in [2.75, 3.05) is 19.6 Å². The van der Waals surface area contributed by atoms with E-state index in [0.29, 0.717) is 29.0 Å². The lowest BCUT2D eigenvalue weighted by molar-refractivity contribution is -0.908. The van der Waals surface area contributed by atoms with Crippen molar-refractivity contribution in [3.05, 3.63) is 46.5 Å². The second-order valence-electron chi connectivity index (χ2n) is 7.12. The molecule has 0 radical (unpaired) electrons. The van der Waals surface area contributed by atoms with E-state index in [4.69, 9.17) is 0 Å². The Kier molecular flexibility index (Phi) is 5.52. The van der Waals surface area contributed by atoms with Gasteiger partial charge in [-0.05, 0) is 6.42 Å². The van der Waals surface area contributed by atoms with Crippen LogP contribution in [0.2, 0.25) is 0 Å². The van der Waals surface area contributed by atoms with Crippen molar-refractivity contribution in [3.8, 4) is 17.3 Å². The van der Waals surface area contributed by atoms with Crippen LogP contribution in [0.3, 0.4) is 0 Å². The van der Waals surface area contributed by atoms with Gasteiger partial charge in [0.1, 0.15) is 23.2 Å². The molecule has 130 valence electrons. The van der Waals surface area contributed by atoms with Gasteiger partial charge < -0.3 is 10.0 Å². The van der Waals surface area contributed by atoms with Gasteiger partial charge in [0.15, 0.2) is 5.76 Å². The van der Waals surface area contributed by atoms with E-state index in [2.05, 4.69) is 24.9 Å². The Bertz CT molecular complexity index is 781. The molecule has 2 aromatic rings. The van der Waals surface area contributed by atoms with Gasteiger partial charge in [-0.2, -0.15) is 5.26 Å². The molecule has 0 aliphatic carbocycles. The maximum atomic E-state index is 10.6. The second kappa shape index (κ2) is 7.81. The van der Waals surface area contributed by atoms with Gasteiger partial charge in [0, 0.05) is 22.8 Å². The first kappa shape index (κ1) is 17.7. The summed E-state index contributed by atoms with van der Waals surface area (Å²) in [6.07, 6.45) is 1.24. The zero-order valence-electron chi connectivity index (χ0n) is 14.7. The van der Waals surface area contributed by atoms with Crippen LogP contribution in [0, 0.1) is 23.2 Å². The van der Waals surface area contributed by atoms with Gasteiger partial charge in [-0.3, -0.25) is 0 Å². The summed E-state index contributed by atoms with van der Waals surface area (Å²) in [4.78, 5) is 5.91. The number of nitriles is 1. The number of thiazole rings is 1. The van der Waals surface area contributed by atoms with Crippen molar-refractivity contribution < 1.29 is 10.0 Å². The standard InChI is InChI=1S/C20H23N3OS/c1-14-8-15(2)11-23(10-14)12-19(24)17(9-21)20-22-18(13-25-20)16-6-4-3-5-7-16/h3-7,13-15,24H,8,10-12H2,1-2H3/p+1/b19-17-/t14-,15+. The van der Waals surface area contributed by atoms with Crippen LogP contribution >= 0.6 is 11.3 Å². The molecule has 5 heteroatoms. The number of quaternary nitrogens is 1. The topological polar surface area (TPSA) is 61.4 Å². The molecule has 1 unspecified atom stereocenters. The minimum Gasteiger partial charge on any atom is -0.506 e.